The summed E-state index contributed by atoms with van der Waals surface area (Å²) >= 11 is 5.27. The molecule has 1 nitrogen and oxygen atoms in total. The zero-order valence-electron chi connectivity index (χ0n) is 5.16. The highest BCUT2D eigenvalue weighted by molar-refractivity contribution is 6.31. The number of nitriles is 1. The molecule has 0 aromatic heterocycles. The van der Waals surface area contributed by atoms with E-state index in [9.17, 15) is 8.78 Å². The van der Waals surface area contributed by atoms with Crippen LogP contribution in [0.15, 0.2) is 6.07 Å². The molecule has 55 valence electrons. The molecule has 0 fully saturated rings. The van der Waals surface area contributed by atoms with Gasteiger partial charge in [-0.15, -0.1) is 0 Å². The average molecular weight is 173 g/mol. The maximum Gasteiger partial charge on any atom is 0.154 e. The molecule has 0 saturated heterocycles. The molecule has 0 unspecified atom stereocenters. The van der Waals surface area contributed by atoms with E-state index in [1.165, 1.54) is 0 Å². The van der Waals surface area contributed by atoms with Crippen molar-refractivity contribution in [2.75, 3.05) is 0 Å². The predicted octanol–water partition coefficient (Wildman–Crippen LogP) is 2.29. The lowest BCUT2D eigenvalue weighted by atomic mass is 10.2. The van der Waals surface area contributed by atoms with Crippen molar-refractivity contribution in [3.8, 4) is 6.07 Å². The molecule has 0 N–H and O–H groups in total. The third-order valence-corrected chi connectivity index (χ3v) is 1.42. The van der Waals surface area contributed by atoms with Crippen molar-refractivity contribution in [3.63, 3.8) is 0 Å². The van der Waals surface area contributed by atoms with Crippen LogP contribution >= 0.6 is 11.6 Å². The number of benzene rings is 1. The van der Waals surface area contributed by atoms with E-state index >= 15 is 0 Å². The van der Waals surface area contributed by atoms with Gasteiger partial charge < -0.3 is 0 Å². The highest BCUT2D eigenvalue weighted by atomic mass is 35.5. The first-order chi connectivity index (χ1) is 5.15. The summed E-state index contributed by atoms with van der Waals surface area (Å²) in [6.45, 7) is 0. The van der Waals surface area contributed by atoms with Crippen LogP contribution in [0.2, 0.25) is 5.02 Å². The van der Waals surface area contributed by atoms with Crippen LogP contribution < -0.4 is 0 Å². The summed E-state index contributed by atoms with van der Waals surface area (Å²) in [7, 11) is 0. The second kappa shape index (κ2) is 2.85. The van der Waals surface area contributed by atoms with E-state index in [-0.39, 0.29) is 5.56 Å². The Morgan fingerprint density at radius 3 is 2.73 bits per heavy atom. The SMILES string of the molecule is N#Cc1cc(F)[c]c(F)c1Cl. The van der Waals surface area contributed by atoms with Gasteiger partial charge in [-0.25, -0.2) is 8.78 Å². The second-order valence-electron chi connectivity index (χ2n) is 1.77. The summed E-state index contributed by atoms with van der Waals surface area (Å²) < 4.78 is 24.7. The van der Waals surface area contributed by atoms with Crippen molar-refractivity contribution in [3.05, 3.63) is 34.4 Å². The van der Waals surface area contributed by atoms with E-state index in [0.29, 0.717) is 0 Å². The molecule has 0 spiro atoms. The molecular weight excluding hydrogens is 172 g/mol. The van der Waals surface area contributed by atoms with Crippen LogP contribution in [0.4, 0.5) is 8.78 Å². The molecule has 1 aromatic rings. The van der Waals surface area contributed by atoms with Crippen LogP contribution in [0, 0.1) is 29.0 Å². The van der Waals surface area contributed by atoms with E-state index < -0.39 is 16.7 Å². The van der Waals surface area contributed by atoms with Crippen LogP contribution in [0.3, 0.4) is 0 Å². The van der Waals surface area contributed by atoms with Gasteiger partial charge in [0.05, 0.1) is 16.7 Å². The Kier molecular flexibility index (Phi) is 2.06. The Morgan fingerprint density at radius 1 is 1.55 bits per heavy atom. The third kappa shape index (κ3) is 1.47. The Balaban J connectivity index is 3.39. The fourth-order valence-corrected chi connectivity index (χ4v) is 0.730. The second-order valence-corrected chi connectivity index (χ2v) is 2.15. The van der Waals surface area contributed by atoms with Gasteiger partial charge in [0.2, 0.25) is 0 Å². The monoisotopic (exact) mass is 172 g/mol. The van der Waals surface area contributed by atoms with Crippen LogP contribution in [0.25, 0.3) is 0 Å². The predicted molar refractivity (Wildman–Crippen MR) is 34.9 cm³/mol. The Bertz CT molecular complexity index is 330. The molecule has 4 heteroatoms. The van der Waals surface area contributed by atoms with Crippen molar-refractivity contribution in [2.24, 2.45) is 0 Å². The maximum absolute atomic E-state index is 12.4. The standard InChI is InChI=1S/C7HClF2N/c8-7-4(3-11)1-5(9)2-6(7)10/h1H. The molecule has 1 radical (unpaired) electrons. The first-order valence-corrected chi connectivity index (χ1v) is 3.00. The fourth-order valence-electron chi connectivity index (χ4n) is 0.585. The van der Waals surface area contributed by atoms with E-state index in [4.69, 9.17) is 16.9 Å². The third-order valence-electron chi connectivity index (χ3n) is 1.05. The number of hydrogen-bond acceptors (Lipinski definition) is 1. The zero-order chi connectivity index (χ0) is 8.43. The molecule has 0 heterocycles. The topological polar surface area (TPSA) is 23.8 Å². The number of halogens is 3. The quantitative estimate of drug-likeness (QED) is 0.551. The van der Waals surface area contributed by atoms with Crippen molar-refractivity contribution >= 4 is 11.6 Å². The first-order valence-electron chi connectivity index (χ1n) is 2.62. The molecule has 0 atom stereocenters. The number of rotatable bonds is 0. The van der Waals surface area contributed by atoms with E-state index in [1.807, 2.05) is 0 Å². The molecule has 0 amide bonds. The summed E-state index contributed by atoms with van der Waals surface area (Å²) in [6.07, 6.45) is 0. The largest absolute Gasteiger partial charge is 0.206 e. The van der Waals surface area contributed by atoms with Crippen LogP contribution in [-0.2, 0) is 0 Å². The molecule has 11 heavy (non-hydrogen) atoms. The van der Waals surface area contributed by atoms with Crippen molar-refractivity contribution < 1.29 is 8.78 Å². The summed E-state index contributed by atoms with van der Waals surface area (Å²) in [5.74, 6) is -1.97. The molecule has 0 aliphatic carbocycles. The molecule has 0 aliphatic heterocycles. The van der Waals surface area contributed by atoms with Crippen LogP contribution in [0.1, 0.15) is 5.56 Å². The van der Waals surface area contributed by atoms with Crippen molar-refractivity contribution in [1.29, 1.82) is 5.26 Å². The van der Waals surface area contributed by atoms with Gasteiger partial charge in [-0.3, -0.25) is 0 Å². The van der Waals surface area contributed by atoms with E-state index in [0.717, 1.165) is 6.07 Å². The summed E-state index contributed by atoms with van der Waals surface area (Å²) in [6, 6.07) is 4.07. The molecular formula is C7HClF2N. The number of nitrogens with zero attached hydrogens (tertiary/aromatic N) is 1. The minimum Gasteiger partial charge on any atom is -0.206 e. The number of hydrogen-bond donors (Lipinski definition) is 0. The van der Waals surface area contributed by atoms with Gasteiger partial charge in [0.1, 0.15) is 11.9 Å². The average Bonchev–Trinajstić information content (AvgIpc) is 1.96. The zero-order valence-corrected chi connectivity index (χ0v) is 5.91. The molecule has 1 aromatic carbocycles. The van der Waals surface area contributed by atoms with Gasteiger partial charge in [0.25, 0.3) is 0 Å². The van der Waals surface area contributed by atoms with Crippen molar-refractivity contribution in [1.82, 2.24) is 0 Å². The maximum atomic E-state index is 12.4. The van der Waals surface area contributed by atoms with Crippen LogP contribution in [-0.4, -0.2) is 0 Å². The van der Waals surface area contributed by atoms with Gasteiger partial charge in [-0.1, -0.05) is 11.6 Å². The highest BCUT2D eigenvalue weighted by Gasteiger charge is 2.08. The fraction of sp³-hybridized carbons (Fsp3) is 0. The van der Waals surface area contributed by atoms with E-state index in [2.05, 4.69) is 0 Å². The van der Waals surface area contributed by atoms with Gasteiger partial charge in [0.15, 0.2) is 5.82 Å². The van der Waals surface area contributed by atoms with Crippen LogP contribution in [0.5, 0.6) is 0 Å². The first kappa shape index (κ1) is 7.96. The summed E-state index contributed by atoms with van der Waals surface area (Å²) in [5, 5.41) is 7.89. The van der Waals surface area contributed by atoms with Gasteiger partial charge in [-0.2, -0.15) is 5.26 Å². The summed E-state index contributed by atoms with van der Waals surface area (Å²) in [5.41, 5.74) is -0.222. The lowest BCUT2D eigenvalue weighted by molar-refractivity contribution is 0.579. The lowest BCUT2D eigenvalue weighted by Crippen LogP contribution is -1.86. The van der Waals surface area contributed by atoms with Gasteiger partial charge >= 0.3 is 0 Å². The van der Waals surface area contributed by atoms with Crippen molar-refractivity contribution in [2.45, 2.75) is 0 Å². The lowest BCUT2D eigenvalue weighted by Gasteiger charge is -1.94. The smallest absolute Gasteiger partial charge is 0.154 e. The molecule has 0 aliphatic rings. The minimum absolute atomic E-state index is 0.222. The van der Waals surface area contributed by atoms with Gasteiger partial charge in [0, 0.05) is 0 Å². The van der Waals surface area contributed by atoms with E-state index in [1.54, 1.807) is 12.1 Å². The molecule has 0 bridgehead atoms. The normalized spacial score (nSPS) is 9.27. The molecule has 0 saturated carbocycles. The Morgan fingerprint density at radius 2 is 2.18 bits per heavy atom. The Hall–Kier alpha value is -1.14. The Labute approximate surface area is 66.8 Å². The van der Waals surface area contributed by atoms with Gasteiger partial charge in [-0.05, 0) is 6.07 Å². The highest BCUT2D eigenvalue weighted by Crippen LogP contribution is 2.19. The summed E-state index contributed by atoms with van der Waals surface area (Å²) in [4.78, 5) is 0. The minimum atomic E-state index is -1.04. The molecule has 1 rings (SSSR count).